The van der Waals surface area contributed by atoms with Crippen LogP contribution in [0.4, 0.5) is 5.13 Å². The van der Waals surface area contributed by atoms with E-state index < -0.39 is 0 Å². The number of ether oxygens (including phenoxy) is 2. The van der Waals surface area contributed by atoms with Gasteiger partial charge in [0.2, 0.25) is 11.0 Å². The lowest BCUT2D eigenvalue weighted by Gasteiger charge is -2.15. The number of thioether (sulfide) groups is 1. The first-order valence-electron chi connectivity index (χ1n) is 12.1. The fraction of sp³-hybridized carbons (Fsp3) is 0.542. The van der Waals surface area contributed by atoms with E-state index in [-0.39, 0.29) is 17.8 Å². The van der Waals surface area contributed by atoms with Crippen molar-refractivity contribution in [2.24, 2.45) is 0 Å². The summed E-state index contributed by atoms with van der Waals surface area (Å²) in [5, 5.41) is 21.7. The summed E-state index contributed by atoms with van der Waals surface area (Å²) < 4.78 is 13.5. The van der Waals surface area contributed by atoms with Crippen LogP contribution >= 0.6 is 23.1 Å². The van der Waals surface area contributed by atoms with Gasteiger partial charge in [-0.05, 0) is 50.5 Å². The highest BCUT2D eigenvalue weighted by atomic mass is 32.2. The van der Waals surface area contributed by atoms with Crippen LogP contribution in [0.5, 0.6) is 5.75 Å². The van der Waals surface area contributed by atoms with E-state index in [1.807, 2.05) is 31.2 Å². The van der Waals surface area contributed by atoms with Gasteiger partial charge in [0.05, 0.1) is 18.5 Å². The largest absolute Gasteiger partial charge is 0.490 e. The van der Waals surface area contributed by atoms with E-state index in [0.29, 0.717) is 24.8 Å². The number of nitrogens with zero attached hydrogens (tertiary/aromatic N) is 5. The molecule has 0 aliphatic carbocycles. The molecule has 2 heterocycles. The lowest BCUT2D eigenvalue weighted by atomic mass is 10.2. The first-order valence-corrected chi connectivity index (χ1v) is 13.9. The fourth-order valence-electron chi connectivity index (χ4n) is 3.37. The molecule has 0 saturated heterocycles. The Bertz CT molecular complexity index is 1050. The fourth-order valence-corrected chi connectivity index (χ4v) is 4.92. The Balaban J connectivity index is 1.54. The van der Waals surface area contributed by atoms with Crippen molar-refractivity contribution < 1.29 is 14.3 Å². The van der Waals surface area contributed by atoms with Crippen molar-refractivity contribution in [2.75, 3.05) is 24.3 Å². The zero-order valence-corrected chi connectivity index (χ0v) is 22.5. The minimum absolute atomic E-state index is 0.159. The summed E-state index contributed by atoms with van der Waals surface area (Å²) in [6.45, 7) is 10.4. The standard InChI is InChI=1S/C24H34N6O3S2/c1-5-14-30-20(13-15-32-8-4)26-29-24(30)34-16-21(31)25-23-28-27-22(35-23)17-9-11-19(12-10-17)33-18(6-2)7-3/h9-12,18H,5-8,13-16H2,1-4H3,(H,25,28,31). The molecule has 0 fully saturated rings. The molecule has 0 aliphatic rings. The first-order chi connectivity index (χ1) is 17.1. The van der Waals surface area contributed by atoms with Crippen LogP contribution in [0.25, 0.3) is 10.6 Å². The number of aromatic nitrogens is 5. The molecule has 0 saturated carbocycles. The second kappa shape index (κ2) is 14.2. The van der Waals surface area contributed by atoms with Crippen LogP contribution in [0.15, 0.2) is 29.4 Å². The van der Waals surface area contributed by atoms with Gasteiger partial charge in [-0.25, -0.2) is 0 Å². The third-order valence-corrected chi connectivity index (χ3v) is 7.09. The number of hydrogen-bond donors (Lipinski definition) is 1. The van der Waals surface area contributed by atoms with Crippen LogP contribution in [0.3, 0.4) is 0 Å². The van der Waals surface area contributed by atoms with E-state index in [4.69, 9.17) is 9.47 Å². The van der Waals surface area contributed by atoms with Gasteiger partial charge in [0.25, 0.3) is 0 Å². The molecule has 1 aromatic carbocycles. The number of carbonyl (C=O) groups is 1. The second-order valence-electron chi connectivity index (χ2n) is 7.83. The number of anilines is 1. The van der Waals surface area contributed by atoms with E-state index in [9.17, 15) is 4.79 Å². The average molecular weight is 519 g/mol. The van der Waals surface area contributed by atoms with Crippen LogP contribution in [-0.4, -0.2) is 55.9 Å². The SMILES string of the molecule is CCCn1c(CCOCC)nnc1SCC(=O)Nc1nnc(-c2ccc(OC(CC)CC)cc2)s1. The average Bonchev–Trinajstić information content (AvgIpc) is 3.49. The van der Waals surface area contributed by atoms with Crippen LogP contribution < -0.4 is 10.1 Å². The van der Waals surface area contributed by atoms with Crippen molar-refractivity contribution in [3.8, 4) is 16.3 Å². The molecule has 0 atom stereocenters. The van der Waals surface area contributed by atoms with Gasteiger partial charge in [-0.2, -0.15) is 0 Å². The van der Waals surface area contributed by atoms with Crippen LogP contribution in [0.2, 0.25) is 0 Å². The number of nitrogens with one attached hydrogen (secondary N) is 1. The van der Waals surface area contributed by atoms with Crippen LogP contribution in [0, 0.1) is 0 Å². The smallest absolute Gasteiger partial charge is 0.236 e. The Hall–Kier alpha value is -2.50. The van der Waals surface area contributed by atoms with Gasteiger partial charge >= 0.3 is 0 Å². The van der Waals surface area contributed by atoms with E-state index in [1.165, 1.54) is 23.1 Å². The third kappa shape index (κ3) is 8.01. The Labute approximate surface area is 215 Å². The number of hydrogen-bond acceptors (Lipinski definition) is 9. The van der Waals surface area contributed by atoms with Gasteiger partial charge in [-0.15, -0.1) is 20.4 Å². The van der Waals surface area contributed by atoms with Crippen molar-refractivity contribution in [1.29, 1.82) is 0 Å². The maximum atomic E-state index is 12.5. The number of rotatable bonds is 15. The molecule has 0 spiro atoms. The van der Waals surface area contributed by atoms with E-state index >= 15 is 0 Å². The van der Waals surface area contributed by atoms with Crippen molar-refractivity contribution in [3.05, 3.63) is 30.1 Å². The lowest BCUT2D eigenvalue weighted by Crippen LogP contribution is -2.15. The molecular formula is C24H34N6O3S2. The highest BCUT2D eigenvalue weighted by molar-refractivity contribution is 7.99. The summed E-state index contributed by atoms with van der Waals surface area (Å²) in [6.07, 6.45) is 3.83. The van der Waals surface area contributed by atoms with Crippen LogP contribution in [-0.2, 0) is 22.5 Å². The molecule has 3 rings (SSSR count). The quantitative estimate of drug-likeness (QED) is 0.219. The van der Waals surface area contributed by atoms with Crippen molar-refractivity contribution in [2.45, 2.75) is 71.2 Å². The van der Waals surface area contributed by atoms with E-state index in [0.717, 1.165) is 53.1 Å². The molecule has 1 N–H and O–H groups in total. The molecule has 190 valence electrons. The molecule has 0 unspecified atom stereocenters. The zero-order chi connectivity index (χ0) is 25.0. The summed E-state index contributed by atoms with van der Waals surface area (Å²) in [4.78, 5) is 12.5. The Morgan fingerprint density at radius 3 is 2.54 bits per heavy atom. The van der Waals surface area contributed by atoms with Gasteiger partial charge < -0.3 is 14.0 Å². The van der Waals surface area contributed by atoms with Crippen LogP contribution in [0.1, 0.15) is 52.8 Å². The van der Waals surface area contributed by atoms with Gasteiger partial charge in [0.1, 0.15) is 16.6 Å². The number of carbonyl (C=O) groups excluding carboxylic acids is 1. The zero-order valence-electron chi connectivity index (χ0n) is 20.8. The molecule has 3 aromatic rings. The minimum Gasteiger partial charge on any atom is -0.490 e. The maximum absolute atomic E-state index is 12.5. The van der Waals surface area contributed by atoms with Crippen molar-refractivity contribution >= 4 is 34.1 Å². The molecular weight excluding hydrogens is 484 g/mol. The van der Waals surface area contributed by atoms with E-state index in [2.05, 4.69) is 51.0 Å². The monoisotopic (exact) mass is 518 g/mol. The van der Waals surface area contributed by atoms with Gasteiger partial charge in [0.15, 0.2) is 5.16 Å². The minimum atomic E-state index is -0.159. The molecule has 2 aromatic heterocycles. The highest BCUT2D eigenvalue weighted by Gasteiger charge is 2.15. The van der Waals surface area contributed by atoms with Gasteiger partial charge in [0, 0.05) is 25.1 Å². The predicted octanol–water partition coefficient (Wildman–Crippen LogP) is 5.08. The molecule has 1 amide bonds. The van der Waals surface area contributed by atoms with E-state index in [1.54, 1.807) is 0 Å². The first kappa shape index (κ1) is 27.1. The summed E-state index contributed by atoms with van der Waals surface area (Å²) >= 11 is 2.71. The lowest BCUT2D eigenvalue weighted by molar-refractivity contribution is -0.113. The molecule has 0 bridgehead atoms. The molecule has 0 radical (unpaired) electrons. The third-order valence-electron chi connectivity index (χ3n) is 5.23. The van der Waals surface area contributed by atoms with Crippen molar-refractivity contribution in [1.82, 2.24) is 25.0 Å². The summed E-state index contributed by atoms with van der Waals surface area (Å²) in [5.74, 6) is 1.78. The second-order valence-corrected chi connectivity index (χ2v) is 9.75. The highest BCUT2D eigenvalue weighted by Crippen LogP contribution is 2.28. The van der Waals surface area contributed by atoms with Crippen molar-refractivity contribution in [3.63, 3.8) is 0 Å². The summed E-state index contributed by atoms with van der Waals surface area (Å²) in [7, 11) is 0. The number of amides is 1. The van der Waals surface area contributed by atoms with Gasteiger partial charge in [-0.1, -0.05) is 43.9 Å². The Kier molecular flexibility index (Phi) is 11.0. The Morgan fingerprint density at radius 2 is 1.86 bits per heavy atom. The molecule has 35 heavy (non-hydrogen) atoms. The molecule has 9 nitrogen and oxygen atoms in total. The molecule has 11 heteroatoms. The normalized spacial score (nSPS) is 11.2. The Morgan fingerprint density at radius 1 is 1.09 bits per heavy atom. The topological polar surface area (TPSA) is 104 Å². The predicted molar refractivity (Wildman–Crippen MR) is 140 cm³/mol. The summed E-state index contributed by atoms with van der Waals surface area (Å²) in [6, 6.07) is 7.81. The number of benzene rings is 1. The van der Waals surface area contributed by atoms with Gasteiger partial charge in [-0.3, -0.25) is 10.1 Å². The molecule has 0 aliphatic heterocycles. The summed E-state index contributed by atoms with van der Waals surface area (Å²) in [5.41, 5.74) is 0.932. The maximum Gasteiger partial charge on any atom is 0.236 e.